The quantitative estimate of drug-likeness (QED) is 0.391. The number of anilines is 1. The molecule has 3 aromatic rings. The van der Waals surface area contributed by atoms with Gasteiger partial charge in [0.1, 0.15) is 12.6 Å². The lowest BCUT2D eigenvalue weighted by Gasteiger charge is -2.33. The van der Waals surface area contributed by atoms with E-state index in [1.165, 1.54) is 4.90 Å². The van der Waals surface area contributed by atoms with Gasteiger partial charge in [-0.3, -0.25) is 13.9 Å². The minimum atomic E-state index is -3.78. The van der Waals surface area contributed by atoms with Crippen LogP contribution in [0, 0.1) is 6.92 Å². The largest absolute Gasteiger partial charge is 0.354 e. The molecule has 0 aliphatic heterocycles. The normalized spacial score (nSPS) is 12.0. The van der Waals surface area contributed by atoms with Crippen molar-refractivity contribution in [3.63, 3.8) is 0 Å². The van der Waals surface area contributed by atoms with Crippen LogP contribution in [0.1, 0.15) is 30.0 Å². The minimum absolute atomic E-state index is 0.169. The Morgan fingerprint density at radius 2 is 1.43 bits per heavy atom. The Labute approximate surface area is 220 Å². The zero-order valence-electron chi connectivity index (χ0n) is 21.6. The molecule has 1 atom stereocenters. The Kier molecular flexibility index (Phi) is 9.85. The molecule has 0 aromatic heterocycles. The summed E-state index contributed by atoms with van der Waals surface area (Å²) in [5, 5.41) is 2.93. The topological polar surface area (TPSA) is 86.8 Å². The van der Waals surface area contributed by atoms with Crippen LogP contribution in [0.4, 0.5) is 5.69 Å². The maximum absolute atomic E-state index is 13.9. The molecule has 0 bridgehead atoms. The third-order valence-electron chi connectivity index (χ3n) is 6.08. The summed E-state index contributed by atoms with van der Waals surface area (Å²) < 4.78 is 26.7. The zero-order valence-corrected chi connectivity index (χ0v) is 22.4. The van der Waals surface area contributed by atoms with E-state index in [-0.39, 0.29) is 12.5 Å². The maximum atomic E-state index is 13.9. The molecule has 0 saturated carbocycles. The summed E-state index contributed by atoms with van der Waals surface area (Å²) in [6.07, 6.45) is 2.15. The van der Waals surface area contributed by atoms with Crippen LogP contribution in [0.3, 0.4) is 0 Å². The van der Waals surface area contributed by atoms with Gasteiger partial charge in [0.2, 0.25) is 21.8 Å². The van der Waals surface area contributed by atoms with E-state index in [4.69, 9.17) is 0 Å². The Balaban J connectivity index is 2.03. The van der Waals surface area contributed by atoms with Gasteiger partial charge in [-0.1, -0.05) is 85.8 Å². The van der Waals surface area contributed by atoms with Crippen molar-refractivity contribution < 1.29 is 18.0 Å². The molecule has 3 rings (SSSR count). The van der Waals surface area contributed by atoms with Gasteiger partial charge in [-0.05, 0) is 36.1 Å². The average molecular weight is 522 g/mol. The number of carbonyl (C=O) groups is 2. The fourth-order valence-corrected chi connectivity index (χ4v) is 5.05. The summed E-state index contributed by atoms with van der Waals surface area (Å²) in [5.74, 6) is -0.720. The molecule has 0 heterocycles. The molecule has 37 heavy (non-hydrogen) atoms. The molecular weight excluding hydrogens is 486 g/mol. The lowest BCUT2D eigenvalue weighted by atomic mass is 10.0. The number of amides is 2. The monoisotopic (exact) mass is 521 g/mol. The SMILES string of the molecule is CCCNC(=O)C(Cc1ccccc1)N(Cc1ccccc1)C(=O)CN(c1ccccc1C)S(C)(=O)=O. The Morgan fingerprint density at radius 3 is 2.00 bits per heavy atom. The molecule has 2 amide bonds. The summed E-state index contributed by atoms with van der Waals surface area (Å²) in [6.45, 7) is 4.00. The second-order valence-electron chi connectivity index (χ2n) is 9.06. The van der Waals surface area contributed by atoms with Crippen LogP contribution in [-0.4, -0.2) is 50.5 Å². The van der Waals surface area contributed by atoms with Crippen LogP contribution in [-0.2, 0) is 32.6 Å². The number of hydrogen-bond acceptors (Lipinski definition) is 4. The van der Waals surface area contributed by atoms with Crippen molar-refractivity contribution in [3.8, 4) is 0 Å². The lowest BCUT2D eigenvalue weighted by Crippen LogP contribution is -2.53. The van der Waals surface area contributed by atoms with E-state index in [0.717, 1.165) is 33.7 Å². The van der Waals surface area contributed by atoms with Gasteiger partial charge in [0.25, 0.3) is 0 Å². The van der Waals surface area contributed by atoms with Gasteiger partial charge in [0, 0.05) is 19.5 Å². The van der Waals surface area contributed by atoms with Crippen LogP contribution in [0.15, 0.2) is 84.9 Å². The van der Waals surface area contributed by atoms with Gasteiger partial charge in [-0.25, -0.2) is 8.42 Å². The van der Waals surface area contributed by atoms with E-state index in [1.54, 1.807) is 25.1 Å². The summed E-state index contributed by atoms with van der Waals surface area (Å²) in [7, 11) is -3.78. The highest BCUT2D eigenvalue weighted by molar-refractivity contribution is 7.92. The first-order valence-electron chi connectivity index (χ1n) is 12.4. The van der Waals surface area contributed by atoms with Gasteiger partial charge in [-0.15, -0.1) is 0 Å². The molecular formula is C29H35N3O4S. The van der Waals surface area contributed by atoms with Crippen LogP contribution in [0.25, 0.3) is 0 Å². The number of nitrogens with zero attached hydrogens (tertiary/aromatic N) is 2. The Bertz CT molecular complexity index is 1280. The van der Waals surface area contributed by atoms with E-state index in [9.17, 15) is 18.0 Å². The molecule has 1 unspecified atom stereocenters. The Hall–Kier alpha value is -3.65. The number of aryl methyl sites for hydroxylation is 1. The summed E-state index contributed by atoms with van der Waals surface area (Å²) >= 11 is 0. The highest BCUT2D eigenvalue weighted by Crippen LogP contribution is 2.23. The second kappa shape index (κ2) is 13.1. The predicted molar refractivity (Wildman–Crippen MR) is 148 cm³/mol. The molecule has 0 fully saturated rings. The fourth-order valence-electron chi connectivity index (χ4n) is 4.14. The van der Waals surface area contributed by atoms with Crippen molar-refractivity contribution in [1.82, 2.24) is 10.2 Å². The number of sulfonamides is 1. The van der Waals surface area contributed by atoms with Crippen molar-refractivity contribution in [2.75, 3.05) is 23.7 Å². The van der Waals surface area contributed by atoms with Gasteiger partial charge < -0.3 is 10.2 Å². The molecule has 8 heteroatoms. The molecule has 1 N–H and O–H groups in total. The van der Waals surface area contributed by atoms with Crippen LogP contribution in [0.2, 0.25) is 0 Å². The molecule has 0 spiro atoms. The van der Waals surface area contributed by atoms with E-state index >= 15 is 0 Å². The molecule has 0 aliphatic rings. The molecule has 0 saturated heterocycles. The van der Waals surface area contributed by atoms with Crippen LogP contribution in [0.5, 0.6) is 0 Å². The fraction of sp³-hybridized carbons (Fsp3) is 0.310. The van der Waals surface area contributed by atoms with E-state index in [0.29, 0.717) is 18.7 Å². The van der Waals surface area contributed by atoms with Gasteiger partial charge in [0.15, 0.2) is 0 Å². The first-order valence-corrected chi connectivity index (χ1v) is 14.2. The van der Waals surface area contributed by atoms with E-state index in [2.05, 4.69) is 5.32 Å². The molecule has 196 valence electrons. The summed E-state index contributed by atoms with van der Waals surface area (Å²) in [4.78, 5) is 28.9. The highest BCUT2D eigenvalue weighted by atomic mass is 32.2. The molecule has 0 radical (unpaired) electrons. The lowest BCUT2D eigenvalue weighted by molar-refractivity contribution is -0.140. The van der Waals surface area contributed by atoms with Crippen molar-refractivity contribution in [2.24, 2.45) is 0 Å². The van der Waals surface area contributed by atoms with E-state index < -0.39 is 28.5 Å². The van der Waals surface area contributed by atoms with Crippen molar-refractivity contribution in [3.05, 3.63) is 102 Å². The third-order valence-corrected chi connectivity index (χ3v) is 7.21. The van der Waals surface area contributed by atoms with E-state index in [1.807, 2.05) is 73.7 Å². The first kappa shape index (κ1) is 27.9. The molecule has 0 aliphatic carbocycles. The van der Waals surface area contributed by atoms with Crippen LogP contribution >= 0.6 is 0 Å². The number of para-hydroxylation sites is 1. The van der Waals surface area contributed by atoms with Crippen molar-refractivity contribution in [1.29, 1.82) is 0 Å². The second-order valence-corrected chi connectivity index (χ2v) is 11.0. The summed E-state index contributed by atoms with van der Waals surface area (Å²) in [5.41, 5.74) is 2.92. The van der Waals surface area contributed by atoms with Crippen molar-refractivity contribution >= 4 is 27.5 Å². The van der Waals surface area contributed by atoms with Gasteiger partial charge in [0.05, 0.1) is 11.9 Å². The Morgan fingerprint density at radius 1 is 0.865 bits per heavy atom. The van der Waals surface area contributed by atoms with Gasteiger partial charge in [-0.2, -0.15) is 0 Å². The number of benzene rings is 3. The average Bonchev–Trinajstić information content (AvgIpc) is 2.89. The first-order chi connectivity index (χ1) is 17.7. The standard InChI is InChI=1S/C29H35N3O4S/c1-4-19-30-29(34)27(20-24-14-7-5-8-15-24)31(21-25-16-9-6-10-17-25)28(33)22-32(37(3,35)36)26-18-12-11-13-23(26)2/h5-18,27H,4,19-22H2,1-3H3,(H,30,34). The molecule has 3 aromatic carbocycles. The smallest absolute Gasteiger partial charge is 0.244 e. The molecule has 7 nitrogen and oxygen atoms in total. The van der Waals surface area contributed by atoms with Gasteiger partial charge >= 0.3 is 0 Å². The van der Waals surface area contributed by atoms with Crippen molar-refractivity contribution in [2.45, 2.75) is 39.3 Å². The number of nitrogens with one attached hydrogen (secondary N) is 1. The zero-order chi connectivity index (χ0) is 26.8. The maximum Gasteiger partial charge on any atom is 0.244 e. The number of hydrogen-bond donors (Lipinski definition) is 1. The minimum Gasteiger partial charge on any atom is -0.354 e. The predicted octanol–water partition coefficient (Wildman–Crippen LogP) is 3.93. The number of carbonyl (C=O) groups excluding carboxylic acids is 2. The number of rotatable bonds is 12. The van der Waals surface area contributed by atoms with Crippen LogP contribution < -0.4 is 9.62 Å². The third kappa shape index (κ3) is 7.92. The highest BCUT2D eigenvalue weighted by Gasteiger charge is 2.33. The summed E-state index contributed by atoms with van der Waals surface area (Å²) in [6, 6.07) is 25.1.